The van der Waals surface area contributed by atoms with Gasteiger partial charge in [-0.2, -0.15) is 5.10 Å². The van der Waals surface area contributed by atoms with Crippen molar-refractivity contribution in [3.8, 4) is 12.3 Å². The molecule has 7 heteroatoms. The summed E-state index contributed by atoms with van der Waals surface area (Å²) in [4.78, 5) is 24.7. The summed E-state index contributed by atoms with van der Waals surface area (Å²) in [6.45, 7) is 3.83. The van der Waals surface area contributed by atoms with E-state index >= 15 is 0 Å². The van der Waals surface area contributed by atoms with Crippen LogP contribution >= 0.6 is 0 Å². The fourth-order valence-corrected chi connectivity index (χ4v) is 2.79. The SMILES string of the molecule is C#CCn1nc(CNC(=O)Cc2c(C)noc2C)c2ccccc2c1=O. The van der Waals surface area contributed by atoms with Crippen molar-refractivity contribution in [1.82, 2.24) is 20.3 Å². The zero-order valence-corrected chi connectivity index (χ0v) is 14.6. The van der Waals surface area contributed by atoms with Crippen LogP contribution in [-0.2, 0) is 24.3 Å². The van der Waals surface area contributed by atoms with E-state index in [-0.39, 0.29) is 31.0 Å². The second-order valence-electron chi connectivity index (χ2n) is 5.92. The number of nitrogens with one attached hydrogen (secondary N) is 1. The van der Waals surface area contributed by atoms with E-state index in [0.717, 1.165) is 5.56 Å². The maximum absolute atomic E-state index is 12.4. The van der Waals surface area contributed by atoms with Crippen LogP contribution in [0.5, 0.6) is 0 Å². The Morgan fingerprint density at radius 2 is 2.04 bits per heavy atom. The Labute approximate surface area is 150 Å². The van der Waals surface area contributed by atoms with Gasteiger partial charge >= 0.3 is 0 Å². The van der Waals surface area contributed by atoms with Crippen molar-refractivity contribution < 1.29 is 9.32 Å². The molecule has 0 aliphatic rings. The number of rotatable bonds is 5. The summed E-state index contributed by atoms with van der Waals surface area (Å²) in [7, 11) is 0. The standard InChI is InChI=1S/C19H18N4O3/c1-4-9-23-19(25)15-8-6-5-7-14(15)17(21-23)11-20-18(24)10-16-12(2)22-26-13(16)3/h1,5-8H,9-11H2,2-3H3,(H,20,24). The quantitative estimate of drug-likeness (QED) is 0.704. The minimum atomic E-state index is -0.246. The number of terminal acetylenes is 1. The number of nitrogens with zero attached hydrogens (tertiary/aromatic N) is 3. The van der Waals surface area contributed by atoms with Crippen molar-refractivity contribution >= 4 is 16.7 Å². The summed E-state index contributed by atoms with van der Waals surface area (Å²) in [6.07, 6.45) is 5.49. The molecule has 2 heterocycles. The lowest BCUT2D eigenvalue weighted by atomic mass is 10.1. The molecule has 0 aliphatic heterocycles. The molecule has 0 bridgehead atoms. The fraction of sp³-hybridized carbons (Fsp3) is 0.263. The van der Waals surface area contributed by atoms with E-state index in [1.807, 2.05) is 6.07 Å². The molecule has 1 amide bonds. The highest BCUT2D eigenvalue weighted by molar-refractivity contribution is 5.84. The fourth-order valence-electron chi connectivity index (χ4n) is 2.79. The number of hydrogen-bond acceptors (Lipinski definition) is 5. The molecule has 0 spiro atoms. The van der Waals surface area contributed by atoms with Gasteiger partial charge < -0.3 is 9.84 Å². The number of carbonyl (C=O) groups is 1. The Morgan fingerprint density at radius 3 is 2.69 bits per heavy atom. The highest BCUT2D eigenvalue weighted by atomic mass is 16.5. The van der Waals surface area contributed by atoms with Gasteiger partial charge in [-0.05, 0) is 19.9 Å². The van der Waals surface area contributed by atoms with Crippen molar-refractivity contribution in [2.24, 2.45) is 0 Å². The predicted octanol–water partition coefficient (Wildman–Crippen LogP) is 1.49. The van der Waals surface area contributed by atoms with Gasteiger partial charge in [0.25, 0.3) is 5.56 Å². The average molecular weight is 350 g/mol. The first-order valence-electron chi connectivity index (χ1n) is 8.12. The van der Waals surface area contributed by atoms with Crippen LogP contribution in [0.4, 0.5) is 0 Å². The maximum Gasteiger partial charge on any atom is 0.275 e. The van der Waals surface area contributed by atoms with Crippen LogP contribution in [0.2, 0.25) is 0 Å². The van der Waals surface area contributed by atoms with Gasteiger partial charge in [-0.3, -0.25) is 9.59 Å². The smallest absolute Gasteiger partial charge is 0.275 e. The molecule has 2 aromatic heterocycles. The molecule has 26 heavy (non-hydrogen) atoms. The number of aromatic nitrogens is 3. The zero-order valence-electron chi connectivity index (χ0n) is 14.6. The topological polar surface area (TPSA) is 90.0 Å². The molecule has 0 fully saturated rings. The van der Waals surface area contributed by atoms with E-state index < -0.39 is 0 Å². The van der Waals surface area contributed by atoms with E-state index in [9.17, 15) is 9.59 Å². The summed E-state index contributed by atoms with van der Waals surface area (Å²) in [5.74, 6) is 2.87. The molecule has 0 saturated heterocycles. The van der Waals surface area contributed by atoms with Crippen LogP contribution in [0, 0.1) is 26.2 Å². The Kier molecular flexibility index (Phi) is 4.85. The van der Waals surface area contributed by atoms with Gasteiger partial charge in [0.2, 0.25) is 5.91 Å². The third kappa shape index (κ3) is 3.35. The number of amides is 1. The second kappa shape index (κ2) is 7.23. The molecular formula is C19H18N4O3. The molecule has 0 unspecified atom stereocenters. The third-order valence-electron chi connectivity index (χ3n) is 4.16. The first-order chi connectivity index (χ1) is 12.5. The van der Waals surface area contributed by atoms with Crippen molar-refractivity contribution in [3.05, 3.63) is 57.3 Å². The minimum Gasteiger partial charge on any atom is -0.361 e. The number of aryl methyl sites for hydroxylation is 2. The van der Waals surface area contributed by atoms with Gasteiger partial charge in [-0.1, -0.05) is 29.3 Å². The Hall–Kier alpha value is -3.40. The van der Waals surface area contributed by atoms with Gasteiger partial charge in [0.15, 0.2) is 0 Å². The van der Waals surface area contributed by atoms with Gasteiger partial charge in [0, 0.05) is 10.9 Å². The van der Waals surface area contributed by atoms with Gasteiger partial charge in [-0.15, -0.1) is 6.42 Å². The van der Waals surface area contributed by atoms with E-state index in [1.165, 1.54) is 4.68 Å². The molecule has 0 aliphatic carbocycles. The lowest BCUT2D eigenvalue weighted by Gasteiger charge is -2.10. The van der Waals surface area contributed by atoms with E-state index in [0.29, 0.717) is 27.9 Å². The lowest BCUT2D eigenvalue weighted by Crippen LogP contribution is -2.29. The van der Waals surface area contributed by atoms with Crippen LogP contribution in [0.15, 0.2) is 33.6 Å². The van der Waals surface area contributed by atoms with Gasteiger partial charge in [0.05, 0.1) is 29.7 Å². The number of carbonyl (C=O) groups excluding carboxylic acids is 1. The van der Waals surface area contributed by atoms with Crippen molar-refractivity contribution in [1.29, 1.82) is 0 Å². The molecular weight excluding hydrogens is 332 g/mol. The summed E-state index contributed by atoms with van der Waals surface area (Å²) >= 11 is 0. The van der Waals surface area contributed by atoms with Crippen molar-refractivity contribution in [3.63, 3.8) is 0 Å². The van der Waals surface area contributed by atoms with Crippen LogP contribution < -0.4 is 10.9 Å². The predicted molar refractivity (Wildman–Crippen MR) is 96.4 cm³/mol. The van der Waals surface area contributed by atoms with Gasteiger partial charge in [0.1, 0.15) is 12.3 Å². The largest absolute Gasteiger partial charge is 0.361 e. The monoisotopic (exact) mass is 350 g/mol. The summed E-state index contributed by atoms with van der Waals surface area (Å²) in [5.41, 5.74) is 1.81. The number of hydrogen-bond donors (Lipinski definition) is 1. The highest BCUT2D eigenvalue weighted by Gasteiger charge is 2.15. The average Bonchev–Trinajstić information content (AvgIpc) is 2.95. The van der Waals surface area contributed by atoms with Crippen LogP contribution in [0.25, 0.3) is 10.8 Å². The van der Waals surface area contributed by atoms with Crippen LogP contribution in [0.1, 0.15) is 22.7 Å². The molecule has 1 N–H and O–H groups in total. The summed E-state index contributed by atoms with van der Waals surface area (Å²) in [5, 5.41) is 12.2. The van der Waals surface area contributed by atoms with E-state index in [1.54, 1.807) is 32.0 Å². The van der Waals surface area contributed by atoms with Crippen LogP contribution in [-0.4, -0.2) is 20.8 Å². The van der Waals surface area contributed by atoms with Crippen molar-refractivity contribution in [2.75, 3.05) is 0 Å². The first kappa shape index (κ1) is 17.4. The Balaban J connectivity index is 1.84. The second-order valence-corrected chi connectivity index (χ2v) is 5.92. The highest BCUT2D eigenvalue weighted by Crippen LogP contribution is 2.14. The molecule has 0 atom stereocenters. The zero-order chi connectivity index (χ0) is 18.7. The molecule has 0 radical (unpaired) electrons. The first-order valence-corrected chi connectivity index (χ1v) is 8.12. The van der Waals surface area contributed by atoms with E-state index in [4.69, 9.17) is 10.9 Å². The molecule has 3 rings (SSSR count). The minimum absolute atomic E-state index is 0.0731. The summed E-state index contributed by atoms with van der Waals surface area (Å²) in [6, 6.07) is 7.13. The molecule has 1 aromatic carbocycles. The normalized spacial score (nSPS) is 10.7. The number of benzene rings is 1. The molecule has 0 saturated carbocycles. The maximum atomic E-state index is 12.4. The van der Waals surface area contributed by atoms with E-state index in [2.05, 4.69) is 21.5 Å². The van der Waals surface area contributed by atoms with Crippen LogP contribution in [0.3, 0.4) is 0 Å². The number of fused-ring (bicyclic) bond motifs is 1. The Bertz CT molecular complexity index is 1050. The van der Waals surface area contributed by atoms with Crippen molar-refractivity contribution in [2.45, 2.75) is 33.4 Å². The van der Waals surface area contributed by atoms with Gasteiger partial charge in [-0.25, -0.2) is 4.68 Å². The lowest BCUT2D eigenvalue weighted by molar-refractivity contribution is -0.120. The Morgan fingerprint density at radius 1 is 1.31 bits per heavy atom. The third-order valence-corrected chi connectivity index (χ3v) is 4.16. The molecule has 132 valence electrons. The summed E-state index contributed by atoms with van der Waals surface area (Å²) < 4.78 is 6.31. The molecule has 3 aromatic rings. The molecule has 7 nitrogen and oxygen atoms in total.